The summed E-state index contributed by atoms with van der Waals surface area (Å²) >= 11 is 1.69. The molecule has 1 aromatic heterocycles. The minimum absolute atomic E-state index is 0.748. The number of aryl methyl sites for hydroxylation is 1. The quantitative estimate of drug-likeness (QED) is 0.625. The molecule has 1 aromatic rings. The van der Waals surface area contributed by atoms with Crippen molar-refractivity contribution in [1.29, 1.82) is 0 Å². The third-order valence-corrected chi connectivity index (χ3v) is 4.23. The van der Waals surface area contributed by atoms with Gasteiger partial charge < -0.3 is 10.6 Å². The van der Waals surface area contributed by atoms with Crippen LogP contribution in [0.4, 0.5) is 5.13 Å². The predicted molar refractivity (Wildman–Crippen MR) is 74.8 cm³/mol. The number of rotatable bonds is 5. The summed E-state index contributed by atoms with van der Waals surface area (Å²) in [7, 11) is 0. The number of hydrogen-bond acceptors (Lipinski definition) is 4. The topological polar surface area (TPSA) is 37.0 Å². The maximum absolute atomic E-state index is 4.39. The third-order valence-electron chi connectivity index (χ3n) is 3.31. The molecule has 96 valence electrons. The van der Waals surface area contributed by atoms with Crippen LogP contribution in [-0.4, -0.2) is 24.1 Å². The molecule has 1 fully saturated rings. The van der Waals surface area contributed by atoms with Gasteiger partial charge in [-0.15, -0.1) is 11.3 Å². The summed E-state index contributed by atoms with van der Waals surface area (Å²) in [6.45, 7) is 4.05. The number of hydrogen-bond donors (Lipinski definition) is 2. The molecule has 0 aliphatic heterocycles. The van der Waals surface area contributed by atoms with Gasteiger partial charge in [0.15, 0.2) is 5.13 Å². The van der Waals surface area contributed by atoms with E-state index in [1.807, 2.05) is 6.92 Å². The van der Waals surface area contributed by atoms with Gasteiger partial charge in [-0.3, -0.25) is 0 Å². The molecule has 4 heteroatoms. The predicted octanol–water partition coefficient (Wildman–Crippen LogP) is 3.18. The standard InChI is InChI=1S/C13H23N3S/c1-11-10-17-13(16-11)15-9-8-14-12-6-4-2-3-5-7-12/h10,12,14H,2-9H2,1H3,(H,15,16). The normalized spacial score (nSPS) is 17.9. The Hall–Kier alpha value is -0.610. The van der Waals surface area contributed by atoms with E-state index in [-0.39, 0.29) is 0 Å². The molecule has 1 saturated carbocycles. The maximum Gasteiger partial charge on any atom is 0.182 e. The van der Waals surface area contributed by atoms with Crippen molar-refractivity contribution in [3.8, 4) is 0 Å². The average Bonchev–Trinajstić information content (AvgIpc) is 2.59. The fourth-order valence-corrected chi connectivity index (χ4v) is 3.08. The lowest BCUT2D eigenvalue weighted by Gasteiger charge is -2.16. The highest BCUT2D eigenvalue weighted by Gasteiger charge is 2.10. The lowest BCUT2D eigenvalue weighted by Crippen LogP contribution is -2.32. The van der Waals surface area contributed by atoms with Crippen molar-refractivity contribution in [3.63, 3.8) is 0 Å². The first-order valence-electron chi connectivity index (χ1n) is 6.74. The average molecular weight is 253 g/mol. The Morgan fingerprint density at radius 1 is 1.24 bits per heavy atom. The smallest absolute Gasteiger partial charge is 0.182 e. The Bertz CT molecular complexity index is 316. The molecule has 0 aromatic carbocycles. The molecule has 2 rings (SSSR count). The molecule has 2 N–H and O–H groups in total. The van der Waals surface area contributed by atoms with E-state index < -0.39 is 0 Å². The molecule has 0 spiro atoms. The Morgan fingerprint density at radius 3 is 2.65 bits per heavy atom. The molecule has 0 atom stereocenters. The van der Waals surface area contributed by atoms with Gasteiger partial charge in [-0.1, -0.05) is 25.7 Å². The van der Waals surface area contributed by atoms with Gasteiger partial charge in [0.25, 0.3) is 0 Å². The number of thiazole rings is 1. The van der Waals surface area contributed by atoms with Gasteiger partial charge in [-0.25, -0.2) is 4.98 Å². The minimum Gasteiger partial charge on any atom is -0.360 e. The summed E-state index contributed by atoms with van der Waals surface area (Å²) in [5.41, 5.74) is 1.11. The molecule has 1 aliphatic rings. The van der Waals surface area contributed by atoms with Crippen LogP contribution in [0.25, 0.3) is 0 Å². The van der Waals surface area contributed by atoms with E-state index >= 15 is 0 Å². The summed E-state index contributed by atoms with van der Waals surface area (Å²) in [5.74, 6) is 0. The second-order valence-corrected chi connectivity index (χ2v) is 5.72. The van der Waals surface area contributed by atoms with Gasteiger partial charge in [-0.2, -0.15) is 0 Å². The highest BCUT2D eigenvalue weighted by Crippen LogP contribution is 2.17. The molecule has 0 unspecified atom stereocenters. The molecule has 1 aliphatic carbocycles. The van der Waals surface area contributed by atoms with Gasteiger partial charge in [0, 0.05) is 24.5 Å². The Balaban J connectivity index is 1.59. The largest absolute Gasteiger partial charge is 0.360 e. The van der Waals surface area contributed by atoms with Crippen LogP contribution in [0, 0.1) is 6.92 Å². The van der Waals surface area contributed by atoms with Gasteiger partial charge in [0.05, 0.1) is 5.69 Å². The molecule has 3 nitrogen and oxygen atoms in total. The first kappa shape index (κ1) is 12.8. The van der Waals surface area contributed by atoms with Gasteiger partial charge in [0.1, 0.15) is 0 Å². The van der Waals surface area contributed by atoms with Crippen molar-refractivity contribution in [2.24, 2.45) is 0 Å². The second kappa shape index (κ2) is 6.97. The third kappa shape index (κ3) is 4.64. The SMILES string of the molecule is Cc1csc(NCCNC2CCCCCC2)n1. The van der Waals surface area contributed by atoms with Crippen LogP contribution < -0.4 is 10.6 Å². The molecule has 0 radical (unpaired) electrons. The number of aromatic nitrogens is 1. The van der Waals surface area contributed by atoms with Crippen LogP contribution in [0.5, 0.6) is 0 Å². The molecule has 0 saturated heterocycles. The lowest BCUT2D eigenvalue weighted by molar-refractivity contribution is 0.468. The van der Waals surface area contributed by atoms with E-state index in [2.05, 4.69) is 21.0 Å². The summed E-state index contributed by atoms with van der Waals surface area (Å²) in [5, 5.41) is 10.1. The Labute approximate surface area is 108 Å². The molecule has 17 heavy (non-hydrogen) atoms. The Kier molecular flexibility index (Phi) is 5.26. The molecule has 1 heterocycles. The van der Waals surface area contributed by atoms with Gasteiger partial charge in [-0.05, 0) is 19.8 Å². The zero-order chi connectivity index (χ0) is 11.9. The second-order valence-electron chi connectivity index (χ2n) is 4.86. The monoisotopic (exact) mass is 253 g/mol. The van der Waals surface area contributed by atoms with Crippen LogP contribution in [0.1, 0.15) is 44.2 Å². The van der Waals surface area contributed by atoms with E-state index in [1.165, 1.54) is 38.5 Å². The van der Waals surface area contributed by atoms with E-state index in [9.17, 15) is 0 Å². The first-order chi connectivity index (χ1) is 8.34. The van der Waals surface area contributed by atoms with Crippen LogP contribution >= 0.6 is 11.3 Å². The van der Waals surface area contributed by atoms with E-state index in [0.717, 1.165) is 30.0 Å². The molecule has 0 bridgehead atoms. The van der Waals surface area contributed by atoms with E-state index in [0.29, 0.717) is 0 Å². The number of anilines is 1. The zero-order valence-electron chi connectivity index (χ0n) is 10.7. The van der Waals surface area contributed by atoms with Crippen LogP contribution in [0.2, 0.25) is 0 Å². The van der Waals surface area contributed by atoms with Crippen molar-refractivity contribution in [2.45, 2.75) is 51.5 Å². The highest BCUT2D eigenvalue weighted by atomic mass is 32.1. The summed E-state index contributed by atoms with van der Waals surface area (Å²) in [6.07, 6.45) is 8.36. The first-order valence-corrected chi connectivity index (χ1v) is 7.62. The molecule has 0 amide bonds. The molecular weight excluding hydrogens is 230 g/mol. The van der Waals surface area contributed by atoms with E-state index in [4.69, 9.17) is 0 Å². The molecular formula is C13H23N3S. The van der Waals surface area contributed by atoms with Crippen molar-refractivity contribution in [3.05, 3.63) is 11.1 Å². The minimum atomic E-state index is 0.748. The fraction of sp³-hybridized carbons (Fsp3) is 0.769. The summed E-state index contributed by atoms with van der Waals surface area (Å²) in [6, 6.07) is 0.748. The van der Waals surface area contributed by atoms with E-state index in [1.54, 1.807) is 11.3 Å². The van der Waals surface area contributed by atoms with Crippen molar-refractivity contribution < 1.29 is 0 Å². The van der Waals surface area contributed by atoms with Crippen LogP contribution in [0.15, 0.2) is 5.38 Å². The van der Waals surface area contributed by atoms with Crippen molar-refractivity contribution in [1.82, 2.24) is 10.3 Å². The maximum atomic E-state index is 4.39. The Morgan fingerprint density at radius 2 is 2.00 bits per heavy atom. The zero-order valence-corrected chi connectivity index (χ0v) is 11.5. The van der Waals surface area contributed by atoms with Crippen molar-refractivity contribution in [2.75, 3.05) is 18.4 Å². The van der Waals surface area contributed by atoms with Crippen LogP contribution in [-0.2, 0) is 0 Å². The highest BCUT2D eigenvalue weighted by molar-refractivity contribution is 7.13. The summed E-state index contributed by atoms with van der Waals surface area (Å²) in [4.78, 5) is 4.39. The van der Waals surface area contributed by atoms with Gasteiger partial charge >= 0.3 is 0 Å². The lowest BCUT2D eigenvalue weighted by atomic mass is 10.1. The van der Waals surface area contributed by atoms with Gasteiger partial charge in [0.2, 0.25) is 0 Å². The number of nitrogens with one attached hydrogen (secondary N) is 2. The van der Waals surface area contributed by atoms with Crippen LogP contribution in [0.3, 0.4) is 0 Å². The number of nitrogens with zero attached hydrogens (tertiary/aromatic N) is 1. The summed E-state index contributed by atoms with van der Waals surface area (Å²) < 4.78 is 0. The van der Waals surface area contributed by atoms with Crippen molar-refractivity contribution >= 4 is 16.5 Å². The fourth-order valence-electron chi connectivity index (χ4n) is 2.36.